The molecule has 0 bridgehead atoms. The number of carbonyl (C=O) groups is 3. The van der Waals surface area contributed by atoms with Gasteiger partial charge in [-0.25, -0.2) is 0 Å². The lowest BCUT2D eigenvalue weighted by atomic mass is 9.96. The van der Waals surface area contributed by atoms with E-state index in [1.807, 2.05) is 38.1 Å². The highest BCUT2D eigenvalue weighted by atomic mass is 16.5. The van der Waals surface area contributed by atoms with Gasteiger partial charge in [-0.15, -0.1) is 0 Å². The van der Waals surface area contributed by atoms with Gasteiger partial charge in [-0.1, -0.05) is 27.2 Å². The molecule has 0 saturated carbocycles. The van der Waals surface area contributed by atoms with E-state index in [4.69, 9.17) is 10.5 Å². The third-order valence-electron chi connectivity index (χ3n) is 7.68. The van der Waals surface area contributed by atoms with Gasteiger partial charge in [-0.3, -0.25) is 19.3 Å². The van der Waals surface area contributed by atoms with Crippen molar-refractivity contribution in [2.45, 2.75) is 57.8 Å². The molecule has 3 heterocycles. The van der Waals surface area contributed by atoms with E-state index >= 15 is 0 Å². The van der Waals surface area contributed by atoms with Crippen LogP contribution in [0.5, 0.6) is 0 Å². The van der Waals surface area contributed by atoms with Gasteiger partial charge < -0.3 is 25.6 Å². The number of anilines is 1. The van der Waals surface area contributed by atoms with Crippen molar-refractivity contribution in [1.82, 2.24) is 15.1 Å². The molecule has 9 heteroatoms. The molecule has 35 heavy (non-hydrogen) atoms. The maximum atomic E-state index is 13.5. The highest BCUT2D eigenvalue weighted by Gasteiger charge is 2.52. The summed E-state index contributed by atoms with van der Waals surface area (Å²) in [4.78, 5) is 45.4. The van der Waals surface area contributed by atoms with E-state index < -0.39 is 24.2 Å². The number of nitrogens with two attached hydrogens (primary N) is 1. The molecule has 0 radical (unpaired) electrons. The number of benzene rings is 1. The highest BCUT2D eigenvalue weighted by molar-refractivity contribution is 5.99. The van der Waals surface area contributed by atoms with Gasteiger partial charge >= 0.3 is 0 Å². The van der Waals surface area contributed by atoms with E-state index in [-0.39, 0.29) is 36.7 Å². The molecule has 2 amide bonds. The average Bonchev–Trinajstić information content (AvgIpc) is 3.42. The molecule has 0 aliphatic carbocycles. The summed E-state index contributed by atoms with van der Waals surface area (Å²) in [5.41, 5.74) is 7.76. The van der Waals surface area contributed by atoms with Crippen LogP contribution in [0.4, 0.5) is 5.69 Å². The largest absolute Gasteiger partial charge is 0.369 e. The second kappa shape index (κ2) is 11.1. The van der Waals surface area contributed by atoms with E-state index in [1.165, 1.54) is 11.3 Å². The highest BCUT2D eigenvalue weighted by Crippen LogP contribution is 2.28. The number of Topliss-reactive ketones (excluding diaryl/α,β-unsaturated/α-hetero) is 1. The van der Waals surface area contributed by atoms with Crippen molar-refractivity contribution in [3.8, 4) is 0 Å². The molecule has 192 valence electrons. The fraction of sp³-hybridized carbons (Fsp3) is 0.654. The van der Waals surface area contributed by atoms with Crippen LogP contribution >= 0.6 is 0 Å². The van der Waals surface area contributed by atoms with Crippen molar-refractivity contribution < 1.29 is 19.1 Å². The number of nitrogens with zero attached hydrogens (tertiary/aromatic N) is 3. The number of piperazine rings is 1. The van der Waals surface area contributed by atoms with Gasteiger partial charge in [0.1, 0.15) is 24.8 Å². The summed E-state index contributed by atoms with van der Waals surface area (Å²) in [6, 6.07) is 5.79. The molecule has 3 aliphatic rings. The van der Waals surface area contributed by atoms with Gasteiger partial charge in [0.2, 0.25) is 5.91 Å². The summed E-state index contributed by atoms with van der Waals surface area (Å²) in [7, 11) is 0. The standard InChI is InChI=1S/C26H39N5O4/c1-4-10-29-11-13-30(14-12-29)19-8-6-18(7-9-19)25(33)28-22(17(3)5-2)26(34)31-15-20(27)24-23(31)21(32)16-35-24/h6-9,17,20,22-24H,4-5,10-16,27H2,1-3H3,(H,28,33)/t17-,20-,22-,23+,24+/m0/s1. The lowest BCUT2D eigenvalue weighted by molar-refractivity contribution is -0.139. The quantitative estimate of drug-likeness (QED) is 0.562. The first-order chi connectivity index (χ1) is 16.8. The number of carbonyl (C=O) groups excluding carboxylic acids is 3. The number of ether oxygens (including phenoxy) is 1. The summed E-state index contributed by atoms with van der Waals surface area (Å²) in [5.74, 6) is -0.789. The van der Waals surface area contributed by atoms with Crippen LogP contribution in [0.2, 0.25) is 0 Å². The number of hydrogen-bond acceptors (Lipinski definition) is 7. The molecule has 3 N–H and O–H groups in total. The first-order valence-electron chi connectivity index (χ1n) is 12.9. The fourth-order valence-corrected chi connectivity index (χ4v) is 5.37. The maximum absolute atomic E-state index is 13.5. The Bertz CT molecular complexity index is 915. The monoisotopic (exact) mass is 485 g/mol. The molecule has 3 fully saturated rings. The van der Waals surface area contributed by atoms with Crippen molar-refractivity contribution >= 4 is 23.3 Å². The van der Waals surface area contributed by atoms with Gasteiger partial charge in [-0.05, 0) is 43.1 Å². The summed E-state index contributed by atoms with van der Waals surface area (Å²) < 4.78 is 5.52. The van der Waals surface area contributed by atoms with E-state index in [1.54, 1.807) is 0 Å². The summed E-state index contributed by atoms with van der Waals surface area (Å²) in [6.45, 7) is 11.5. The molecule has 9 nitrogen and oxygen atoms in total. The zero-order chi connectivity index (χ0) is 25.1. The van der Waals surface area contributed by atoms with Crippen molar-refractivity contribution in [1.29, 1.82) is 0 Å². The van der Waals surface area contributed by atoms with Crippen LogP contribution in [0.25, 0.3) is 0 Å². The topological polar surface area (TPSA) is 108 Å². The SMILES string of the molecule is CCCN1CCN(c2ccc(C(=O)N[C@H](C(=O)N3C[C@H](N)[C@H]4OCC(=O)[C@H]43)[C@@H](C)CC)cc2)CC1. The molecule has 5 atom stereocenters. The second-order valence-electron chi connectivity index (χ2n) is 10.1. The Morgan fingerprint density at radius 3 is 2.46 bits per heavy atom. The van der Waals surface area contributed by atoms with Crippen LogP contribution in [-0.2, 0) is 14.3 Å². The fourth-order valence-electron chi connectivity index (χ4n) is 5.37. The molecule has 1 aromatic carbocycles. The Kier molecular flexibility index (Phi) is 8.09. The molecule has 3 aliphatic heterocycles. The van der Waals surface area contributed by atoms with E-state index in [2.05, 4.69) is 22.0 Å². The van der Waals surface area contributed by atoms with Gasteiger partial charge in [0.05, 0.1) is 6.04 Å². The average molecular weight is 486 g/mol. The van der Waals surface area contributed by atoms with Gasteiger partial charge in [0, 0.05) is 44.0 Å². The number of fused-ring (bicyclic) bond motifs is 1. The van der Waals surface area contributed by atoms with Gasteiger partial charge in [-0.2, -0.15) is 0 Å². The number of nitrogens with one attached hydrogen (secondary N) is 1. The smallest absolute Gasteiger partial charge is 0.251 e. The third kappa shape index (κ3) is 5.37. The lowest BCUT2D eigenvalue weighted by Crippen LogP contribution is -2.54. The maximum Gasteiger partial charge on any atom is 0.251 e. The second-order valence-corrected chi connectivity index (χ2v) is 10.1. The first-order valence-corrected chi connectivity index (χ1v) is 12.9. The van der Waals surface area contributed by atoms with Crippen molar-refractivity contribution in [3.63, 3.8) is 0 Å². The Morgan fingerprint density at radius 1 is 1.14 bits per heavy atom. The van der Waals surface area contributed by atoms with E-state index in [0.717, 1.165) is 38.4 Å². The summed E-state index contributed by atoms with van der Waals surface area (Å²) in [5, 5.41) is 2.95. The minimum absolute atomic E-state index is 0.0207. The third-order valence-corrected chi connectivity index (χ3v) is 7.68. The molecular weight excluding hydrogens is 446 g/mol. The molecule has 0 spiro atoms. The number of likely N-dealkylation sites (tertiary alicyclic amines) is 1. The van der Waals surface area contributed by atoms with Crippen LogP contribution in [0.1, 0.15) is 44.0 Å². The van der Waals surface area contributed by atoms with Crippen LogP contribution in [0.3, 0.4) is 0 Å². The normalized spacial score (nSPS) is 26.5. The molecular formula is C26H39N5O4. The Labute approximate surface area is 207 Å². The van der Waals surface area contributed by atoms with Gasteiger partial charge in [0.15, 0.2) is 5.78 Å². The van der Waals surface area contributed by atoms with Crippen LogP contribution < -0.4 is 16.0 Å². The minimum Gasteiger partial charge on any atom is -0.369 e. The predicted octanol–water partition coefficient (Wildman–Crippen LogP) is 0.869. The van der Waals surface area contributed by atoms with Gasteiger partial charge in [0.25, 0.3) is 5.91 Å². The molecule has 3 saturated heterocycles. The van der Waals surface area contributed by atoms with Crippen molar-refractivity contribution in [3.05, 3.63) is 29.8 Å². The molecule has 0 unspecified atom stereocenters. The van der Waals surface area contributed by atoms with Crippen LogP contribution in [0, 0.1) is 5.92 Å². The van der Waals surface area contributed by atoms with Crippen LogP contribution in [-0.4, -0.2) is 97.5 Å². The zero-order valence-corrected chi connectivity index (χ0v) is 21.1. The Balaban J connectivity index is 1.42. The number of amides is 2. The first kappa shape index (κ1) is 25.6. The number of hydrogen-bond donors (Lipinski definition) is 2. The molecule has 1 aromatic rings. The van der Waals surface area contributed by atoms with E-state index in [9.17, 15) is 14.4 Å². The number of ketones is 1. The van der Waals surface area contributed by atoms with E-state index in [0.29, 0.717) is 12.0 Å². The number of rotatable bonds is 8. The Morgan fingerprint density at radius 2 is 1.83 bits per heavy atom. The van der Waals surface area contributed by atoms with Crippen molar-refractivity contribution in [2.75, 3.05) is 50.8 Å². The van der Waals surface area contributed by atoms with Crippen molar-refractivity contribution in [2.24, 2.45) is 11.7 Å². The lowest BCUT2D eigenvalue weighted by Gasteiger charge is -2.36. The van der Waals surface area contributed by atoms with Crippen LogP contribution in [0.15, 0.2) is 24.3 Å². The summed E-state index contributed by atoms with van der Waals surface area (Å²) in [6.07, 6.45) is 1.41. The predicted molar refractivity (Wildman–Crippen MR) is 134 cm³/mol. The molecule has 4 rings (SSSR count). The Hall–Kier alpha value is -2.49. The summed E-state index contributed by atoms with van der Waals surface area (Å²) >= 11 is 0. The zero-order valence-electron chi connectivity index (χ0n) is 21.1. The molecule has 0 aromatic heterocycles. The minimum atomic E-state index is -0.738.